The molecule has 0 amide bonds. The SMILES string of the molecule is CC[NH+](CC)c1ccc2c(c1)OC1=C(CC/C1=C\OC)C2C(C)(C)C.F[B-](F)(F)F. The van der Waals surface area contributed by atoms with Crippen molar-refractivity contribution in [1.82, 2.24) is 0 Å². The van der Waals surface area contributed by atoms with Gasteiger partial charge in [0.15, 0.2) is 0 Å². The van der Waals surface area contributed by atoms with E-state index in [1.165, 1.54) is 27.3 Å². The average molecular weight is 429 g/mol. The number of ether oxygens (including phenoxy) is 2. The van der Waals surface area contributed by atoms with Gasteiger partial charge in [0.1, 0.15) is 17.2 Å². The molecule has 0 bridgehead atoms. The summed E-state index contributed by atoms with van der Waals surface area (Å²) in [4.78, 5) is 1.48. The largest absolute Gasteiger partial charge is 0.673 e. The second-order valence-electron chi connectivity index (χ2n) is 8.69. The summed E-state index contributed by atoms with van der Waals surface area (Å²) in [6, 6.07) is 6.84. The van der Waals surface area contributed by atoms with Crippen LogP contribution in [-0.4, -0.2) is 27.5 Å². The third-order valence-electron chi connectivity index (χ3n) is 5.52. The molecule has 3 nitrogen and oxygen atoms in total. The predicted octanol–water partition coefficient (Wildman–Crippen LogP) is 5.64. The van der Waals surface area contributed by atoms with Crippen LogP contribution in [0.15, 0.2) is 41.4 Å². The molecule has 2 aliphatic rings. The van der Waals surface area contributed by atoms with Gasteiger partial charge in [0.25, 0.3) is 0 Å². The number of allylic oxidation sites excluding steroid dienone is 2. The number of nitrogens with one attached hydrogen (secondary N) is 1. The summed E-state index contributed by atoms with van der Waals surface area (Å²) in [6.45, 7) is 13.6. The van der Waals surface area contributed by atoms with E-state index in [2.05, 4.69) is 52.8 Å². The third-order valence-corrected chi connectivity index (χ3v) is 5.52. The number of hydrogen-bond donors (Lipinski definition) is 1. The molecular formula is C22H32BF4NO2. The third kappa shape index (κ3) is 5.81. The molecule has 1 aromatic rings. The number of methoxy groups -OCH3 is 1. The van der Waals surface area contributed by atoms with E-state index in [4.69, 9.17) is 9.47 Å². The molecule has 0 radical (unpaired) electrons. The van der Waals surface area contributed by atoms with E-state index < -0.39 is 7.25 Å². The van der Waals surface area contributed by atoms with E-state index in [1.54, 1.807) is 7.11 Å². The van der Waals surface area contributed by atoms with Gasteiger partial charge in [0, 0.05) is 23.1 Å². The quantitative estimate of drug-likeness (QED) is 0.380. The fraction of sp³-hybridized carbons (Fsp3) is 0.545. The van der Waals surface area contributed by atoms with E-state index in [1.807, 2.05) is 6.26 Å². The summed E-state index contributed by atoms with van der Waals surface area (Å²) in [6.07, 6.45) is 3.93. The van der Waals surface area contributed by atoms with Gasteiger partial charge in [0.05, 0.1) is 26.5 Å². The summed E-state index contributed by atoms with van der Waals surface area (Å²) in [5.41, 5.74) is 5.44. The van der Waals surface area contributed by atoms with Crippen LogP contribution in [0.1, 0.15) is 58.9 Å². The zero-order valence-corrected chi connectivity index (χ0v) is 18.6. The van der Waals surface area contributed by atoms with Gasteiger partial charge in [-0.05, 0) is 49.8 Å². The second-order valence-corrected chi connectivity index (χ2v) is 8.69. The summed E-state index contributed by atoms with van der Waals surface area (Å²) in [7, 11) is -4.29. The lowest BCUT2D eigenvalue weighted by atomic mass is 9.71. The van der Waals surface area contributed by atoms with Gasteiger partial charge in [-0.1, -0.05) is 20.8 Å². The molecular weight excluding hydrogens is 397 g/mol. The highest BCUT2D eigenvalue weighted by Crippen LogP contribution is 2.54. The lowest BCUT2D eigenvalue weighted by molar-refractivity contribution is -0.828. The number of hydrogen-bond acceptors (Lipinski definition) is 2. The highest BCUT2D eigenvalue weighted by molar-refractivity contribution is 6.50. The van der Waals surface area contributed by atoms with Crippen LogP contribution in [0.5, 0.6) is 5.75 Å². The van der Waals surface area contributed by atoms with E-state index in [-0.39, 0.29) is 5.41 Å². The Hall–Kier alpha value is -1.96. The summed E-state index contributed by atoms with van der Waals surface area (Å²) in [5, 5.41) is 0. The molecule has 168 valence electrons. The van der Waals surface area contributed by atoms with E-state index in [9.17, 15) is 17.3 Å². The number of halogens is 4. The van der Waals surface area contributed by atoms with Crippen LogP contribution in [0.4, 0.5) is 23.0 Å². The molecule has 1 aliphatic carbocycles. The summed E-state index contributed by atoms with van der Waals surface area (Å²) >= 11 is 0. The van der Waals surface area contributed by atoms with E-state index in [0.717, 1.165) is 37.4 Å². The van der Waals surface area contributed by atoms with E-state index in [0.29, 0.717) is 5.92 Å². The number of benzene rings is 1. The zero-order chi connectivity index (χ0) is 22.7. The second kappa shape index (κ2) is 9.46. The van der Waals surface area contributed by atoms with Crippen LogP contribution in [0, 0.1) is 5.41 Å². The van der Waals surface area contributed by atoms with E-state index >= 15 is 0 Å². The average Bonchev–Trinajstić information content (AvgIpc) is 3.01. The molecule has 0 aromatic heterocycles. The molecule has 1 atom stereocenters. The fourth-order valence-corrected chi connectivity index (χ4v) is 4.39. The number of quaternary nitrogens is 1. The molecule has 0 saturated heterocycles. The Labute approximate surface area is 176 Å². The summed E-state index contributed by atoms with van der Waals surface area (Å²) in [5.74, 6) is 2.48. The van der Waals surface area contributed by atoms with Gasteiger partial charge >= 0.3 is 7.25 Å². The van der Waals surface area contributed by atoms with Crippen molar-refractivity contribution >= 4 is 12.9 Å². The monoisotopic (exact) mass is 429 g/mol. The smallest absolute Gasteiger partial charge is 0.504 e. The first-order valence-corrected chi connectivity index (χ1v) is 10.4. The Bertz CT molecular complexity index is 802. The van der Waals surface area contributed by atoms with Crippen molar-refractivity contribution in [3.05, 3.63) is 46.9 Å². The predicted molar refractivity (Wildman–Crippen MR) is 113 cm³/mol. The Balaban J connectivity index is 0.000000575. The molecule has 0 saturated carbocycles. The maximum Gasteiger partial charge on any atom is 0.673 e. The topological polar surface area (TPSA) is 22.9 Å². The molecule has 1 aliphatic heterocycles. The zero-order valence-electron chi connectivity index (χ0n) is 18.6. The molecule has 30 heavy (non-hydrogen) atoms. The maximum atomic E-state index is 9.75. The molecule has 3 rings (SSSR count). The lowest BCUT2D eigenvalue weighted by Crippen LogP contribution is -3.06. The van der Waals surface area contributed by atoms with Crippen molar-refractivity contribution in [2.45, 2.75) is 53.4 Å². The standard InChI is InChI=1S/C22H31NO2.BF4/c1-7-23(8-2)16-10-12-17-19(13-16)25-21-15(14-24-6)9-11-18(21)20(17)22(3,4)5;2-1(3,4)5/h10,12-14,20H,7-9,11H2,1-6H3;/q;-1/p+1/b15-14+;. The minimum absolute atomic E-state index is 0.158. The first kappa shape index (κ1) is 24.3. The normalized spacial score (nSPS) is 19.8. The molecule has 0 spiro atoms. The molecule has 1 heterocycles. The van der Waals surface area contributed by atoms with Crippen LogP contribution in [0.25, 0.3) is 0 Å². The van der Waals surface area contributed by atoms with Gasteiger partial charge < -0.3 is 31.6 Å². The van der Waals surface area contributed by atoms with Crippen LogP contribution in [0.3, 0.4) is 0 Å². The molecule has 1 aromatic carbocycles. The van der Waals surface area contributed by atoms with Crippen LogP contribution in [-0.2, 0) is 4.74 Å². The Morgan fingerprint density at radius 3 is 2.23 bits per heavy atom. The fourth-order valence-electron chi connectivity index (χ4n) is 4.39. The molecule has 8 heteroatoms. The minimum atomic E-state index is -6.00. The lowest BCUT2D eigenvalue weighted by Gasteiger charge is -2.37. The van der Waals surface area contributed by atoms with Crippen molar-refractivity contribution in [2.24, 2.45) is 5.41 Å². The highest BCUT2D eigenvalue weighted by atomic mass is 19.5. The Morgan fingerprint density at radius 1 is 1.13 bits per heavy atom. The van der Waals surface area contributed by atoms with Gasteiger partial charge in [-0.15, -0.1) is 0 Å². The van der Waals surface area contributed by atoms with Gasteiger partial charge in [-0.2, -0.15) is 0 Å². The first-order chi connectivity index (χ1) is 13.9. The Kier molecular flexibility index (Phi) is 7.66. The van der Waals surface area contributed by atoms with Gasteiger partial charge in [-0.3, -0.25) is 0 Å². The van der Waals surface area contributed by atoms with Crippen molar-refractivity contribution in [3.63, 3.8) is 0 Å². The van der Waals surface area contributed by atoms with Gasteiger partial charge in [-0.25, -0.2) is 0 Å². The molecule has 0 fully saturated rings. The molecule has 1 N–H and O–H groups in total. The highest BCUT2D eigenvalue weighted by Gasteiger charge is 2.41. The van der Waals surface area contributed by atoms with Gasteiger partial charge in [0.2, 0.25) is 0 Å². The molecule has 1 unspecified atom stereocenters. The number of rotatable bonds is 4. The first-order valence-electron chi connectivity index (χ1n) is 10.4. The summed E-state index contributed by atoms with van der Waals surface area (Å²) < 4.78 is 50.7. The van der Waals surface area contributed by atoms with Crippen molar-refractivity contribution in [1.29, 1.82) is 0 Å². The van der Waals surface area contributed by atoms with Crippen LogP contribution in [0.2, 0.25) is 0 Å². The maximum absolute atomic E-state index is 9.75. The minimum Gasteiger partial charge on any atom is -0.504 e. The van der Waals surface area contributed by atoms with Crippen molar-refractivity contribution in [3.8, 4) is 5.75 Å². The van der Waals surface area contributed by atoms with Crippen molar-refractivity contribution in [2.75, 3.05) is 20.2 Å². The Morgan fingerprint density at radius 2 is 1.73 bits per heavy atom. The van der Waals surface area contributed by atoms with Crippen molar-refractivity contribution < 1.29 is 31.6 Å². The van der Waals surface area contributed by atoms with Crippen LogP contribution < -0.4 is 9.64 Å². The van der Waals surface area contributed by atoms with Crippen LogP contribution >= 0.6 is 0 Å². The number of fused-ring (bicyclic) bond motifs is 1.